The lowest BCUT2D eigenvalue weighted by atomic mass is 10.1. The van der Waals surface area contributed by atoms with Crippen LogP contribution in [0, 0.1) is 18.3 Å². The molecule has 1 N–H and O–H groups in total. The average Bonchev–Trinajstić information content (AvgIpc) is 3.47. The summed E-state index contributed by atoms with van der Waals surface area (Å²) in [6, 6.07) is 15.3. The van der Waals surface area contributed by atoms with Crippen molar-refractivity contribution in [2.24, 2.45) is 0 Å². The minimum atomic E-state index is -0.342. The second-order valence-corrected chi connectivity index (χ2v) is 9.32. The maximum absolute atomic E-state index is 13.4. The standard InChI is InChI=1S/C25H22N4O2S2/c1-4-29(5-2)25(31)22-15(3)18(14-26)24(33-22)28-23(30)17-13-20(21-11-8-12-32-21)27-19-10-7-6-9-16(17)19/h6-13H,4-5H2,1-3H3,(H,28,30). The topological polar surface area (TPSA) is 86.1 Å². The van der Waals surface area contributed by atoms with Crippen LogP contribution < -0.4 is 5.32 Å². The van der Waals surface area contributed by atoms with Crippen molar-refractivity contribution in [2.75, 3.05) is 18.4 Å². The number of hydrogen-bond acceptors (Lipinski definition) is 6. The Balaban J connectivity index is 1.76. The van der Waals surface area contributed by atoms with Crippen molar-refractivity contribution >= 4 is 50.4 Å². The molecule has 6 nitrogen and oxygen atoms in total. The molecule has 3 heterocycles. The number of thiophene rings is 2. The molecule has 3 aromatic heterocycles. The van der Waals surface area contributed by atoms with Crippen molar-refractivity contribution in [3.05, 3.63) is 69.4 Å². The minimum absolute atomic E-state index is 0.131. The molecule has 0 spiro atoms. The number of nitrogens with one attached hydrogen (secondary N) is 1. The summed E-state index contributed by atoms with van der Waals surface area (Å²) in [6.07, 6.45) is 0. The summed E-state index contributed by atoms with van der Waals surface area (Å²) in [5, 5.41) is 15.7. The molecule has 0 fully saturated rings. The third-order valence-electron chi connectivity index (χ3n) is 5.46. The number of pyridine rings is 1. The van der Waals surface area contributed by atoms with Crippen LogP contribution in [-0.4, -0.2) is 34.8 Å². The second-order valence-electron chi connectivity index (χ2n) is 7.35. The predicted octanol–water partition coefficient (Wildman–Crippen LogP) is 5.94. The summed E-state index contributed by atoms with van der Waals surface area (Å²) in [7, 11) is 0. The van der Waals surface area contributed by atoms with Crippen LogP contribution in [0.3, 0.4) is 0 Å². The third-order valence-corrected chi connectivity index (χ3v) is 7.55. The molecule has 0 radical (unpaired) electrons. The molecule has 0 aliphatic rings. The molecule has 8 heteroatoms. The van der Waals surface area contributed by atoms with Gasteiger partial charge in [0.05, 0.1) is 32.1 Å². The number of aromatic nitrogens is 1. The fourth-order valence-corrected chi connectivity index (χ4v) is 5.49. The van der Waals surface area contributed by atoms with Gasteiger partial charge in [-0.3, -0.25) is 9.59 Å². The van der Waals surface area contributed by atoms with E-state index in [2.05, 4.69) is 11.4 Å². The number of nitriles is 1. The Morgan fingerprint density at radius 2 is 1.91 bits per heavy atom. The Kier molecular flexibility index (Phi) is 6.54. The predicted molar refractivity (Wildman–Crippen MR) is 134 cm³/mol. The Morgan fingerprint density at radius 1 is 1.15 bits per heavy atom. The minimum Gasteiger partial charge on any atom is -0.338 e. The molecule has 0 saturated heterocycles. The molecule has 166 valence electrons. The normalized spacial score (nSPS) is 10.7. The van der Waals surface area contributed by atoms with Gasteiger partial charge in [-0.25, -0.2) is 4.98 Å². The van der Waals surface area contributed by atoms with E-state index in [1.165, 1.54) is 0 Å². The summed E-state index contributed by atoms with van der Waals surface area (Å²) in [5.41, 5.74) is 2.81. The fraction of sp³-hybridized carbons (Fsp3) is 0.200. The van der Waals surface area contributed by atoms with Crippen LogP contribution >= 0.6 is 22.7 Å². The quantitative estimate of drug-likeness (QED) is 0.375. The lowest BCUT2D eigenvalue weighted by Crippen LogP contribution is -2.30. The zero-order chi connectivity index (χ0) is 23.5. The summed E-state index contributed by atoms with van der Waals surface area (Å²) < 4.78 is 0. The number of carbonyl (C=O) groups excluding carboxylic acids is 2. The van der Waals surface area contributed by atoms with Gasteiger partial charge in [-0.1, -0.05) is 24.3 Å². The molecule has 1 aromatic carbocycles. The van der Waals surface area contributed by atoms with E-state index < -0.39 is 0 Å². The van der Waals surface area contributed by atoms with Crippen LogP contribution in [0.5, 0.6) is 0 Å². The summed E-state index contributed by atoms with van der Waals surface area (Å²) >= 11 is 2.70. The number of nitrogens with zero attached hydrogens (tertiary/aromatic N) is 3. The van der Waals surface area contributed by atoms with Crippen LogP contribution in [0.1, 0.15) is 45.0 Å². The molecule has 2 amide bonds. The number of fused-ring (bicyclic) bond motifs is 1. The first-order valence-corrected chi connectivity index (χ1v) is 12.3. The Morgan fingerprint density at radius 3 is 2.58 bits per heavy atom. The zero-order valence-corrected chi connectivity index (χ0v) is 20.1. The van der Waals surface area contributed by atoms with E-state index >= 15 is 0 Å². The first-order chi connectivity index (χ1) is 16.0. The van der Waals surface area contributed by atoms with Crippen molar-refractivity contribution < 1.29 is 9.59 Å². The summed E-state index contributed by atoms with van der Waals surface area (Å²) in [4.78, 5) is 34.2. The molecular weight excluding hydrogens is 452 g/mol. The van der Waals surface area contributed by atoms with Gasteiger partial charge < -0.3 is 10.2 Å². The van der Waals surface area contributed by atoms with E-state index in [0.29, 0.717) is 50.9 Å². The van der Waals surface area contributed by atoms with Gasteiger partial charge >= 0.3 is 0 Å². The highest BCUT2D eigenvalue weighted by Crippen LogP contribution is 2.35. The molecular formula is C25H22N4O2S2. The number of rotatable bonds is 6. The van der Waals surface area contributed by atoms with E-state index in [1.807, 2.05) is 55.6 Å². The van der Waals surface area contributed by atoms with Crippen LogP contribution in [0.25, 0.3) is 21.5 Å². The van der Waals surface area contributed by atoms with Crippen molar-refractivity contribution in [1.29, 1.82) is 5.26 Å². The van der Waals surface area contributed by atoms with Crippen LogP contribution in [0.2, 0.25) is 0 Å². The van der Waals surface area contributed by atoms with Crippen molar-refractivity contribution in [1.82, 2.24) is 9.88 Å². The third kappa shape index (κ3) is 4.25. The fourth-order valence-electron chi connectivity index (χ4n) is 3.68. The van der Waals surface area contributed by atoms with E-state index in [-0.39, 0.29) is 11.8 Å². The Hall–Kier alpha value is -3.54. The van der Waals surface area contributed by atoms with E-state index in [0.717, 1.165) is 21.6 Å². The van der Waals surface area contributed by atoms with Crippen LogP contribution in [0.4, 0.5) is 5.00 Å². The molecule has 0 aliphatic carbocycles. The van der Waals surface area contributed by atoms with E-state index in [1.54, 1.807) is 29.2 Å². The van der Waals surface area contributed by atoms with Crippen molar-refractivity contribution in [2.45, 2.75) is 20.8 Å². The van der Waals surface area contributed by atoms with Gasteiger partial charge in [-0.2, -0.15) is 5.26 Å². The molecule has 33 heavy (non-hydrogen) atoms. The maximum Gasteiger partial charge on any atom is 0.264 e. The Bertz CT molecular complexity index is 1380. The van der Waals surface area contributed by atoms with Gasteiger partial charge in [0.1, 0.15) is 11.1 Å². The molecule has 4 aromatic rings. The first kappa shape index (κ1) is 22.6. The molecule has 0 atom stereocenters. The average molecular weight is 475 g/mol. The number of amides is 2. The second kappa shape index (κ2) is 9.53. The summed E-state index contributed by atoms with van der Waals surface area (Å²) in [5.74, 6) is -0.472. The molecule has 0 unspecified atom stereocenters. The van der Waals surface area contributed by atoms with E-state index in [4.69, 9.17) is 4.98 Å². The van der Waals surface area contributed by atoms with Gasteiger partial charge in [0, 0.05) is 18.5 Å². The number of benzene rings is 1. The number of para-hydroxylation sites is 1. The van der Waals surface area contributed by atoms with Gasteiger partial charge in [0.25, 0.3) is 11.8 Å². The molecule has 0 bridgehead atoms. The number of hydrogen-bond donors (Lipinski definition) is 1. The lowest BCUT2D eigenvalue weighted by Gasteiger charge is -2.17. The lowest BCUT2D eigenvalue weighted by molar-refractivity contribution is 0.0777. The number of anilines is 1. The van der Waals surface area contributed by atoms with Crippen LogP contribution in [0.15, 0.2) is 47.8 Å². The smallest absolute Gasteiger partial charge is 0.264 e. The van der Waals surface area contributed by atoms with Gasteiger partial charge in [-0.05, 0) is 49.9 Å². The highest BCUT2D eigenvalue weighted by molar-refractivity contribution is 7.18. The Labute approximate surface area is 200 Å². The largest absolute Gasteiger partial charge is 0.338 e. The zero-order valence-electron chi connectivity index (χ0n) is 18.5. The highest BCUT2D eigenvalue weighted by atomic mass is 32.1. The molecule has 0 saturated carbocycles. The summed E-state index contributed by atoms with van der Waals surface area (Å²) in [6.45, 7) is 6.73. The van der Waals surface area contributed by atoms with Crippen molar-refractivity contribution in [3.8, 4) is 16.6 Å². The number of carbonyl (C=O) groups is 2. The molecule has 4 rings (SSSR count). The van der Waals surface area contributed by atoms with E-state index in [9.17, 15) is 14.9 Å². The van der Waals surface area contributed by atoms with Gasteiger partial charge in [0.2, 0.25) is 0 Å². The highest BCUT2D eigenvalue weighted by Gasteiger charge is 2.25. The first-order valence-electron chi connectivity index (χ1n) is 10.6. The SMILES string of the molecule is CCN(CC)C(=O)c1sc(NC(=O)c2cc(-c3cccs3)nc3ccccc23)c(C#N)c1C. The van der Waals surface area contributed by atoms with Crippen LogP contribution in [-0.2, 0) is 0 Å². The van der Waals surface area contributed by atoms with Crippen molar-refractivity contribution in [3.63, 3.8) is 0 Å². The van der Waals surface area contributed by atoms with Gasteiger partial charge in [-0.15, -0.1) is 22.7 Å². The van der Waals surface area contributed by atoms with Gasteiger partial charge in [0.15, 0.2) is 0 Å². The monoisotopic (exact) mass is 474 g/mol. The molecule has 0 aliphatic heterocycles. The maximum atomic E-state index is 13.4.